The summed E-state index contributed by atoms with van der Waals surface area (Å²) in [6.07, 6.45) is 0.840. The van der Waals surface area contributed by atoms with Gasteiger partial charge in [-0.2, -0.15) is 0 Å². The van der Waals surface area contributed by atoms with Gasteiger partial charge in [-0.15, -0.1) is 0 Å². The maximum absolute atomic E-state index is 13.7. The molecule has 40 heavy (non-hydrogen) atoms. The van der Waals surface area contributed by atoms with Crippen LogP contribution >= 0.6 is 0 Å². The summed E-state index contributed by atoms with van der Waals surface area (Å²) in [5, 5.41) is 11.8. The third-order valence-corrected chi connectivity index (χ3v) is 7.19. The maximum Gasteiger partial charge on any atom is 0.300 e. The van der Waals surface area contributed by atoms with Gasteiger partial charge in [0.15, 0.2) is 0 Å². The molecule has 1 aliphatic heterocycles. The Morgan fingerprint density at radius 1 is 1.05 bits per heavy atom. The van der Waals surface area contributed by atoms with Gasteiger partial charge in [0.25, 0.3) is 11.7 Å². The molecular weight excluding hydrogens is 504 g/mol. The van der Waals surface area contributed by atoms with Gasteiger partial charge >= 0.3 is 0 Å². The van der Waals surface area contributed by atoms with Crippen molar-refractivity contribution in [3.63, 3.8) is 0 Å². The number of ether oxygens (including phenoxy) is 2. The van der Waals surface area contributed by atoms with Crippen molar-refractivity contribution in [2.75, 3.05) is 37.6 Å². The van der Waals surface area contributed by atoms with E-state index in [1.54, 1.807) is 25.3 Å². The highest BCUT2D eigenvalue weighted by Crippen LogP contribution is 2.44. The van der Waals surface area contributed by atoms with Crippen LogP contribution in [0.5, 0.6) is 11.5 Å². The molecule has 1 atom stereocenters. The second-order valence-corrected chi connectivity index (χ2v) is 10.6. The predicted octanol–water partition coefficient (Wildman–Crippen LogP) is 6.61. The number of carbonyl (C=O) groups excluding carboxylic acids is 2. The van der Waals surface area contributed by atoms with E-state index in [1.165, 1.54) is 4.90 Å². The Morgan fingerprint density at radius 2 is 1.75 bits per heavy atom. The summed E-state index contributed by atoms with van der Waals surface area (Å²) < 4.78 is 11.4. The topological polar surface area (TPSA) is 79.3 Å². The number of rotatable bonds is 9. The normalized spacial score (nSPS) is 16.5. The van der Waals surface area contributed by atoms with Gasteiger partial charge in [-0.3, -0.25) is 14.5 Å². The van der Waals surface area contributed by atoms with Crippen molar-refractivity contribution in [1.82, 2.24) is 0 Å². The highest BCUT2D eigenvalue weighted by molar-refractivity contribution is 6.51. The van der Waals surface area contributed by atoms with E-state index in [1.807, 2.05) is 89.2 Å². The van der Waals surface area contributed by atoms with Crippen molar-refractivity contribution in [3.8, 4) is 11.5 Å². The average molecular weight is 543 g/mol. The molecule has 3 aromatic carbocycles. The van der Waals surface area contributed by atoms with Crippen molar-refractivity contribution in [3.05, 3.63) is 88.5 Å². The van der Waals surface area contributed by atoms with Gasteiger partial charge in [-0.25, -0.2) is 0 Å². The largest absolute Gasteiger partial charge is 0.507 e. The van der Waals surface area contributed by atoms with E-state index in [0.29, 0.717) is 34.9 Å². The van der Waals surface area contributed by atoms with E-state index in [2.05, 4.69) is 0 Å². The molecule has 0 saturated carbocycles. The molecule has 3 aromatic rings. The number of aryl methyl sites for hydroxylation is 1. The first-order valence-corrected chi connectivity index (χ1v) is 13.6. The molecule has 0 bridgehead atoms. The molecule has 1 amide bonds. The number of anilines is 2. The molecular formula is C33H38N2O5. The van der Waals surface area contributed by atoms with Crippen LogP contribution in [0.3, 0.4) is 0 Å². The Morgan fingerprint density at radius 3 is 2.35 bits per heavy atom. The summed E-state index contributed by atoms with van der Waals surface area (Å²) in [5.41, 5.74) is 4.39. The fourth-order valence-electron chi connectivity index (χ4n) is 5.04. The number of carbonyl (C=O) groups is 2. The highest BCUT2D eigenvalue weighted by Gasteiger charge is 2.47. The van der Waals surface area contributed by atoms with Crippen molar-refractivity contribution in [1.29, 1.82) is 0 Å². The molecule has 1 unspecified atom stereocenters. The predicted molar refractivity (Wildman–Crippen MR) is 160 cm³/mol. The summed E-state index contributed by atoms with van der Waals surface area (Å²) in [7, 11) is 5.50. The Labute approximate surface area is 236 Å². The SMILES string of the molecule is CCCOc1cccc(N2C(=O)C(=O)/C(=C(/O)c3cc(C(C)C)c(OC)cc3C)C2c2ccc(N(C)C)cc2)c1. The van der Waals surface area contributed by atoms with Crippen molar-refractivity contribution in [2.45, 2.75) is 46.1 Å². The van der Waals surface area contributed by atoms with Crippen LogP contribution in [0.25, 0.3) is 5.76 Å². The molecule has 0 aliphatic carbocycles. The van der Waals surface area contributed by atoms with Crippen LogP contribution in [-0.4, -0.2) is 44.6 Å². The fourth-order valence-corrected chi connectivity index (χ4v) is 5.04. The number of nitrogens with zero attached hydrogens (tertiary/aromatic N) is 2. The van der Waals surface area contributed by atoms with E-state index in [4.69, 9.17) is 9.47 Å². The molecule has 0 spiro atoms. The summed E-state index contributed by atoms with van der Waals surface area (Å²) in [6, 6.07) is 17.7. The number of benzene rings is 3. The monoisotopic (exact) mass is 542 g/mol. The first-order chi connectivity index (χ1) is 19.1. The number of hydrogen-bond acceptors (Lipinski definition) is 6. The summed E-state index contributed by atoms with van der Waals surface area (Å²) in [4.78, 5) is 30.8. The maximum atomic E-state index is 13.7. The minimum atomic E-state index is -0.832. The van der Waals surface area contributed by atoms with Gasteiger partial charge in [-0.1, -0.05) is 39.0 Å². The zero-order valence-corrected chi connectivity index (χ0v) is 24.3. The molecule has 7 heteroatoms. The quantitative estimate of drug-likeness (QED) is 0.186. The summed E-state index contributed by atoms with van der Waals surface area (Å²) in [5.74, 6) is -0.209. The van der Waals surface area contributed by atoms with Crippen LogP contribution in [0.15, 0.2) is 66.2 Å². The summed E-state index contributed by atoms with van der Waals surface area (Å²) in [6.45, 7) is 8.48. The van der Waals surface area contributed by atoms with Gasteiger partial charge in [0, 0.05) is 37.1 Å². The second-order valence-electron chi connectivity index (χ2n) is 10.6. The first-order valence-electron chi connectivity index (χ1n) is 13.6. The van der Waals surface area contributed by atoms with Crippen LogP contribution in [0.4, 0.5) is 11.4 Å². The highest BCUT2D eigenvalue weighted by atomic mass is 16.5. The number of ketones is 1. The van der Waals surface area contributed by atoms with E-state index in [-0.39, 0.29) is 17.3 Å². The van der Waals surface area contributed by atoms with E-state index in [9.17, 15) is 14.7 Å². The molecule has 210 valence electrons. The van der Waals surface area contributed by atoms with E-state index >= 15 is 0 Å². The molecule has 1 saturated heterocycles. The minimum Gasteiger partial charge on any atom is -0.507 e. The third-order valence-electron chi connectivity index (χ3n) is 7.19. The van der Waals surface area contributed by atoms with Gasteiger partial charge in [-0.05, 0) is 72.4 Å². The van der Waals surface area contributed by atoms with E-state index in [0.717, 1.165) is 23.2 Å². The van der Waals surface area contributed by atoms with Crippen LogP contribution < -0.4 is 19.3 Å². The fraction of sp³-hybridized carbons (Fsp3) is 0.333. The zero-order chi connectivity index (χ0) is 29.1. The smallest absolute Gasteiger partial charge is 0.300 e. The number of Topliss-reactive ketones (excluding diaryl/α,β-unsaturated/α-hetero) is 1. The van der Waals surface area contributed by atoms with Crippen molar-refractivity contribution < 1.29 is 24.2 Å². The minimum absolute atomic E-state index is 0.0467. The Balaban J connectivity index is 1.95. The van der Waals surface area contributed by atoms with Crippen LogP contribution in [0.1, 0.15) is 61.4 Å². The molecule has 1 fully saturated rings. The lowest BCUT2D eigenvalue weighted by Gasteiger charge is -2.26. The lowest BCUT2D eigenvalue weighted by Crippen LogP contribution is -2.29. The van der Waals surface area contributed by atoms with Crippen molar-refractivity contribution in [2.24, 2.45) is 0 Å². The Bertz CT molecular complexity index is 1440. The molecule has 0 radical (unpaired) electrons. The van der Waals surface area contributed by atoms with Crippen molar-refractivity contribution >= 4 is 28.8 Å². The van der Waals surface area contributed by atoms with Gasteiger partial charge < -0.3 is 19.5 Å². The molecule has 1 aliphatic rings. The number of aliphatic hydroxyl groups excluding tert-OH is 1. The molecule has 1 heterocycles. The van der Waals surface area contributed by atoms with Gasteiger partial charge in [0.2, 0.25) is 0 Å². The molecule has 0 aromatic heterocycles. The molecule has 4 rings (SSSR count). The Hall–Kier alpha value is -4.26. The Kier molecular flexibility index (Phi) is 8.52. The van der Waals surface area contributed by atoms with Gasteiger partial charge in [0.05, 0.1) is 25.3 Å². The second kappa shape index (κ2) is 11.9. The third kappa shape index (κ3) is 5.41. The number of hydrogen-bond donors (Lipinski definition) is 1. The summed E-state index contributed by atoms with van der Waals surface area (Å²) >= 11 is 0. The van der Waals surface area contributed by atoms with Crippen LogP contribution in [0, 0.1) is 6.92 Å². The standard InChI is InChI=1S/C33H38N2O5/c1-8-16-40-25-11-9-10-24(18-25)35-30(22-12-14-23(15-13-22)34(5)6)29(32(37)33(35)38)31(36)27-19-26(20(2)3)28(39-7)17-21(27)4/h9-15,17-20,30,36H,8,16H2,1-7H3/b31-29+. The lowest BCUT2D eigenvalue weighted by molar-refractivity contribution is -0.132. The first kappa shape index (κ1) is 28.7. The number of amides is 1. The average Bonchev–Trinajstić information content (AvgIpc) is 3.21. The number of methoxy groups -OCH3 is 1. The van der Waals surface area contributed by atoms with Crippen LogP contribution in [-0.2, 0) is 9.59 Å². The van der Waals surface area contributed by atoms with Gasteiger partial charge in [0.1, 0.15) is 17.3 Å². The van der Waals surface area contributed by atoms with Crippen LogP contribution in [0.2, 0.25) is 0 Å². The molecule has 7 nitrogen and oxygen atoms in total. The zero-order valence-electron chi connectivity index (χ0n) is 24.3. The number of aliphatic hydroxyl groups is 1. The molecule has 1 N–H and O–H groups in total. The van der Waals surface area contributed by atoms with E-state index < -0.39 is 17.7 Å². The lowest BCUT2D eigenvalue weighted by atomic mass is 9.91.